The van der Waals surface area contributed by atoms with Gasteiger partial charge in [0, 0.05) is 31.3 Å². The zero-order valence-corrected chi connectivity index (χ0v) is 33.1. The molecule has 5 amide bonds. The minimum absolute atomic E-state index is 0.156. The summed E-state index contributed by atoms with van der Waals surface area (Å²) in [7, 11) is 2.69. The van der Waals surface area contributed by atoms with Crippen LogP contribution in [0.5, 0.6) is 0 Å². The number of nitrogens with one attached hydrogen (secondary N) is 3. The molecular weight excluding hydrogens is 731 g/mol. The summed E-state index contributed by atoms with van der Waals surface area (Å²) in [5, 5.41) is 12.3. The molecule has 2 fully saturated rings. The SMILES string of the molecule is COC(=O)N[C@H](C(=O)N1CCC[C@H]1c1ncc(-c2ccc(-c3ccc(-c4cnc([C@@H]5CCCN5C(=O)[C@H](C(C)C)N(C)C(=O)O)[nH]4)cc3)c(C(N)=O)c2)[nH]1)C(C)C. The van der Waals surface area contributed by atoms with Crippen molar-refractivity contribution in [2.24, 2.45) is 17.6 Å². The van der Waals surface area contributed by atoms with Crippen LogP contribution in [0.25, 0.3) is 33.6 Å². The van der Waals surface area contributed by atoms with E-state index >= 15 is 0 Å². The number of rotatable bonds is 12. The molecular formula is C41H51N9O7. The Hall–Kier alpha value is -6.19. The molecule has 2 aliphatic rings. The van der Waals surface area contributed by atoms with Crippen molar-refractivity contribution in [2.45, 2.75) is 77.5 Å². The lowest BCUT2D eigenvalue weighted by Crippen LogP contribution is -2.51. The third-order valence-corrected chi connectivity index (χ3v) is 11.0. The van der Waals surface area contributed by atoms with E-state index in [4.69, 9.17) is 10.5 Å². The lowest BCUT2D eigenvalue weighted by atomic mass is 9.95. The summed E-state index contributed by atoms with van der Waals surface area (Å²) < 4.78 is 4.74. The molecule has 0 aliphatic carbocycles. The Morgan fingerprint density at radius 3 is 1.86 bits per heavy atom. The normalized spacial score (nSPS) is 17.8. The van der Waals surface area contributed by atoms with Gasteiger partial charge in [0.15, 0.2) is 0 Å². The van der Waals surface area contributed by atoms with Gasteiger partial charge in [-0.3, -0.25) is 19.3 Å². The van der Waals surface area contributed by atoms with E-state index in [9.17, 15) is 29.1 Å². The van der Waals surface area contributed by atoms with E-state index in [-0.39, 0.29) is 35.7 Å². The van der Waals surface area contributed by atoms with Crippen molar-refractivity contribution in [3.8, 4) is 33.6 Å². The second-order valence-corrected chi connectivity index (χ2v) is 15.4. The minimum Gasteiger partial charge on any atom is -0.465 e. The molecule has 4 heterocycles. The maximum Gasteiger partial charge on any atom is 0.407 e. The van der Waals surface area contributed by atoms with Gasteiger partial charge in [0.05, 0.1) is 43.0 Å². The van der Waals surface area contributed by atoms with Gasteiger partial charge in [0.25, 0.3) is 0 Å². The molecule has 57 heavy (non-hydrogen) atoms. The van der Waals surface area contributed by atoms with E-state index in [0.29, 0.717) is 60.0 Å². The van der Waals surface area contributed by atoms with Crippen LogP contribution in [0, 0.1) is 11.8 Å². The Labute approximate surface area is 331 Å². The number of benzene rings is 2. The minimum atomic E-state index is -1.15. The molecule has 2 aliphatic heterocycles. The zero-order chi connectivity index (χ0) is 41.1. The first-order valence-electron chi connectivity index (χ1n) is 19.3. The average Bonchev–Trinajstić information content (AvgIpc) is 4.02. The second kappa shape index (κ2) is 16.9. The van der Waals surface area contributed by atoms with E-state index in [1.807, 2.05) is 64.1 Å². The largest absolute Gasteiger partial charge is 0.465 e. The number of H-pyrrole nitrogens is 2. The van der Waals surface area contributed by atoms with Gasteiger partial charge in [-0.2, -0.15) is 0 Å². The number of hydrogen-bond acceptors (Lipinski definition) is 8. The van der Waals surface area contributed by atoms with E-state index < -0.39 is 30.2 Å². The van der Waals surface area contributed by atoms with Crippen molar-refractivity contribution in [3.05, 3.63) is 72.1 Å². The van der Waals surface area contributed by atoms with E-state index in [2.05, 4.69) is 25.3 Å². The van der Waals surface area contributed by atoms with Gasteiger partial charge in [-0.15, -0.1) is 0 Å². The van der Waals surface area contributed by atoms with Crippen molar-refractivity contribution < 1.29 is 33.8 Å². The number of primary amides is 1. The topological polar surface area (TPSA) is 220 Å². The predicted molar refractivity (Wildman–Crippen MR) is 212 cm³/mol. The molecule has 16 nitrogen and oxygen atoms in total. The van der Waals surface area contributed by atoms with Gasteiger partial charge in [0.2, 0.25) is 17.7 Å². The van der Waals surface area contributed by atoms with Gasteiger partial charge < -0.3 is 40.7 Å². The summed E-state index contributed by atoms with van der Waals surface area (Å²) in [6.07, 6.45) is 4.55. The quantitative estimate of drug-likeness (QED) is 0.121. The number of likely N-dealkylation sites (tertiary alicyclic amines) is 2. The molecule has 2 aromatic carbocycles. The first-order valence-corrected chi connectivity index (χ1v) is 19.3. The summed E-state index contributed by atoms with van der Waals surface area (Å²) >= 11 is 0. The van der Waals surface area contributed by atoms with Crippen LogP contribution in [0.1, 0.15) is 87.5 Å². The predicted octanol–water partition coefficient (Wildman–Crippen LogP) is 5.57. The standard InChI is InChI=1S/C41H51N9O7/c1-22(2)33(47-40(54)57-6)38(52)49-17-7-9-31(49)36-44-21-30(46-36)26-15-16-27(28(19-26)35(42)51)24-11-13-25(14-12-24)29-20-43-37(45-29)32-10-8-18-50(32)39(53)34(23(3)4)48(5)41(55)56/h11-16,19-23,31-34H,7-10,17-18H2,1-6H3,(H2,42,51)(H,43,45)(H,44,46)(H,47,54)(H,55,56)/t31-,32-,33-,34-/m0/s1. The van der Waals surface area contributed by atoms with Gasteiger partial charge in [-0.05, 0) is 60.3 Å². The number of carbonyl (C=O) groups is 5. The summed E-state index contributed by atoms with van der Waals surface area (Å²) in [5.41, 5.74) is 10.6. The van der Waals surface area contributed by atoms with Gasteiger partial charge in [0.1, 0.15) is 23.7 Å². The van der Waals surface area contributed by atoms with Crippen LogP contribution >= 0.6 is 0 Å². The highest BCUT2D eigenvalue weighted by atomic mass is 16.5. The molecule has 302 valence electrons. The van der Waals surface area contributed by atoms with E-state index in [0.717, 1.165) is 34.6 Å². The van der Waals surface area contributed by atoms with E-state index in [1.54, 1.807) is 28.3 Å². The maximum absolute atomic E-state index is 13.6. The molecule has 6 rings (SSSR count). The van der Waals surface area contributed by atoms with Crippen molar-refractivity contribution >= 4 is 29.9 Å². The van der Waals surface area contributed by atoms with Crippen LogP contribution in [0.4, 0.5) is 9.59 Å². The summed E-state index contributed by atoms with van der Waals surface area (Å²) in [6, 6.07) is 10.9. The molecule has 6 N–H and O–H groups in total. The Morgan fingerprint density at radius 2 is 1.35 bits per heavy atom. The smallest absolute Gasteiger partial charge is 0.407 e. The highest BCUT2D eigenvalue weighted by Gasteiger charge is 2.40. The fourth-order valence-corrected chi connectivity index (χ4v) is 8.00. The Bertz CT molecular complexity index is 2130. The third-order valence-electron chi connectivity index (χ3n) is 11.0. The first kappa shape index (κ1) is 40.5. The van der Waals surface area contributed by atoms with Gasteiger partial charge >= 0.3 is 12.2 Å². The van der Waals surface area contributed by atoms with Crippen LogP contribution in [0.2, 0.25) is 0 Å². The second-order valence-electron chi connectivity index (χ2n) is 15.4. The number of alkyl carbamates (subject to hydrolysis) is 1. The number of ether oxygens (including phenoxy) is 1. The highest BCUT2D eigenvalue weighted by Crippen LogP contribution is 2.36. The zero-order valence-electron chi connectivity index (χ0n) is 33.1. The highest BCUT2D eigenvalue weighted by molar-refractivity contribution is 6.01. The van der Waals surface area contributed by atoms with Crippen LogP contribution in [0.3, 0.4) is 0 Å². The van der Waals surface area contributed by atoms with Crippen molar-refractivity contribution in [3.63, 3.8) is 0 Å². The molecule has 16 heteroatoms. The maximum atomic E-state index is 13.6. The number of carboxylic acid groups (broad SMARTS) is 1. The Balaban J connectivity index is 1.18. The number of hydrogen-bond donors (Lipinski definition) is 5. The Kier molecular flexibility index (Phi) is 12.0. The Morgan fingerprint density at radius 1 is 0.825 bits per heavy atom. The number of aromatic amines is 2. The number of imidazole rings is 2. The average molecular weight is 782 g/mol. The molecule has 4 aromatic rings. The number of carbonyl (C=O) groups excluding carboxylic acids is 4. The molecule has 0 spiro atoms. The fraction of sp³-hybridized carbons (Fsp3) is 0.439. The number of amides is 5. The molecule has 2 saturated heterocycles. The number of aromatic nitrogens is 4. The van der Waals surface area contributed by atoms with Crippen molar-refractivity contribution in [2.75, 3.05) is 27.2 Å². The van der Waals surface area contributed by atoms with Gasteiger partial charge in [-0.1, -0.05) is 64.1 Å². The third kappa shape index (κ3) is 8.34. The number of methoxy groups -OCH3 is 1. The van der Waals surface area contributed by atoms with Crippen molar-refractivity contribution in [1.82, 2.24) is 40.0 Å². The molecule has 4 atom stereocenters. The van der Waals surface area contributed by atoms with Crippen LogP contribution < -0.4 is 11.1 Å². The number of likely N-dealkylation sites (N-methyl/N-ethyl adjacent to an activating group) is 1. The number of nitrogens with two attached hydrogens (primary N) is 1. The molecule has 2 aromatic heterocycles. The lowest BCUT2D eigenvalue weighted by Gasteiger charge is -2.33. The summed E-state index contributed by atoms with van der Waals surface area (Å²) in [6.45, 7) is 8.45. The molecule has 0 unspecified atom stereocenters. The first-order chi connectivity index (χ1) is 27.2. The van der Waals surface area contributed by atoms with Crippen LogP contribution in [0.15, 0.2) is 54.9 Å². The molecule has 0 saturated carbocycles. The van der Waals surface area contributed by atoms with Crippen LogP contribution in [-0.4, -0.2) is 109 Å². The monoisotopic (exact) mass is 781 g/mol. The summed E-state index contributed by atoms with van der Waals surface area (Å²) in [4.78, 5) is 84.2. The lowest BCUT2D eigenvalue weighted by molar-refractivity contribution is -0.138. The van der Waals surface area contributed by atoms with Crippen molar-refractivity contribution in [1.29, 1.82) is 0 Å². The van der Waals surface area contributed by atoms with Gasteiger partial charge in [-0.25, -0.2) is 19.6 Å². The number of nitrogens with zero attached hydrogens (tertiary/aromatic N) is 5. The van der Waals surface area contributed by atoms with E-state index in [1.165, 1.54) is 14.2 Å². The molecule has 0 bridgehead atoms. The van der Waals surface area contributed by atoms with Crippen LogP contribution in [-0.2, 0) is 14.3 Å². The molecule has 0 radical (unpaired) electrons. The fourth-order valence-electron chi connectivity index (χ4n) is 8.00. The summed E-state index contributed by atoms with van der Waals surface area (Å²) in [5.74, 6) is -0.147.